The van der Waals surface area contributed by atoms with E-state index in [0.717, 1.165) is 5.75 Å². The number of aryl methyl sites for hydroxylation is 1. The highest BCUT2D eigenvalue weighted by Crippen LogP contribution is 2.74. The molecule has 0 radical (unpaired) electrons. The Labute approximate surface area is 177 Å². The van der Waals surface area contributed by atoms with Crippen LogP contribution in [-0.4, -0.2) is 35.8 Å². The molecular weight excluding hydrogens is 382 g/mol. The van der Waals surface area contributed by atoms with Crippen molar-refractivity contribution in [2.75, 3.05) is 18.9 Å². The van der Waals surface area contributed by atoms with Crippen molar-refractivity contribution >= 4 is 23.8 Å². The quantitative estimate of drug-likeness (QED) is 0.677. The van der Waals surface area contributed by atoms with Gasteiger partial charge in [0.25, 0.3) is 0 Å². The minimum atomic E-state index is -0.484. The van der Waals surface area contributed by atoms with Crippen LogP contribution in [0.5, 0.6) is 0 Å². The van der Waals surface area contributed by atoms with E-state index in [1.165, 1.54) is 39.3 Å². The predicted molar refractivity (Wildman–Crippen MR) is 115 cm³/mol. The molecule has 4 atom stereocenters. The molecule has 2 fully saturated rings. The zero-order valence-corrected chi connectivity index (χ0v) is 18.5. The van der Waals surface area contributed by atoms with E-state index in [9.17, 15) is 9.59 Å². The fraction of sp³-hybridized carbons (Fsp3) is 0.583. The van der Waals surface area contributed by atoms with Gasteiger partial charge in [-0.25, -0.2) is 9.69 Å². The molecule has 0 spiro atoms. The Kier molecular flexibility index (Phi) is 4.22. The number of benzene rings is 1. The predicted octanol–water partition coefficient (Wildman–Crippen LogP) is 5.13. The van der Waals surface area contributed by atoms with E-state index >= 15 is 0 Å². The van der Waals surface area contributed by atoms with Crippen LogP contribution < -0.4 is 0 Å². The fourth-order valence-corrected chi connectivity index (χ4v) is 8.01. The van der Waals surface area contributed by atoms with E-state index < -0.39 is 6.09 Å². The van der Waals surface area contributed by atoms with Crippen molar-refractivity contribution in [2.24, 2.45) is 22.7 Å². The first-order chi connectivity index (χ1) is 13.8. The van der Waals surface area contributed by atoms with Gasteiger partial charge in [-0.2, -0.15) is 0 Å². The number of amides is 2. The fourth-order valence-electron chi connectivity index (χ4n) is 6.21. The average Bonchev–Trinajstić information content (AvgIpc) is 3.27. The molecule has 5 rings (SSSR count). The van der Waals surface area contributed by atoms with Crippen LogP contribution in [0.1, 0.15) is 50.7 Å². The molecule has 29 heavy (non-hydrogen) atoms. The second-order valence-corrected chi connectivity index (χ2v) is 10.9. The van der Waals surface area contributed by atoms with Gasteiger partial charge < -0.3 is 4.74 Å². The summed E-state index contributed by atoms with van der Waals surface area (Å²) < 4.78 is 5.07. The van der Waals surface area contributed by atoms with Crippen LogP contribution in [0, 0.1) is 29.6 Å². The van der Waals surface area contributed by atoms with Gasteiger partial charge in [-0.1, -0.05) is 50.6 Å². The Balaban J connectivity index is 1.62. The van der Waals surface area contributed by atoms with E-state index in [0.29, 0.717) is 19.1 Å². The average molecular weight is 412 g/mol. The maximum Gasteiger partial charge on any atom is 0.416 e. The second-order valence-electron chi connectivity index (χ2n) is 9.84. The van der Waals surface area contributed by atoms with Crippen molar-refractivity contribution in [2.45, 2.75) is 46.5 Å². The van der Waals surface area contributed by atoms with Gasteiger partial charge in [0.1, 0.15) is 6.61 Å². The van der Waals surface area contributed by atoms with Gasteiger partial charge in [-0.05, 0) is 47.1 Å². The summed E-state index contributed by atoms with van der Waals surface area (Å²) in [5, 5.41) is 0. The molecule has 0 aromatic heterocycles. The number of allylic oxidation sites excluding steroid dienone is 2. The van der Waals surface area contributed by atoms with Crippen molar-refractivity contribution in [3.8, 4) is 0 Å². The first kappa shape index (κ1) is 19.2. The summed E-state index contributed by atoms with van der Waals surface area (Å²) in [4.78, 5) is 28.5. The summed E-state index contributed by atoms with van der Waals surface area (Å²) in [6, 6.07) is 8.65. The molecule has 5 heteroatoms. The molecule has 0 unspecified atom stereocenters. The number of fused-ring (bicyclic) bond motifs is 4. The van der Waals surface area contributed by atoms with E-state index in [-0.39, 0.29) is 28.6 Å². The largest absolute Gasteiger partial charge is 0.447 e. The van der Waals surface area contributed by atoms with Crippen LogP contribution >= 0.6 is 11.8 Å². The summed E-state index contributed by atoms with van der Waals surface area (Å²) >= 11 is 1.88. The number of carbonyl (C=O) groups excluding carboxylic acids is 2. The lowest BCUT2D eigenvalue weighted by atomic mass is 9.69. The summed E-state index contributed by atoms with van der Waals surface area (Å²) in [5.74, 6) is 1.01. The second kappa shape index (κ2) is 6.37. The molecule has 2 bridgehead atoms. The van der Waals surface area contributed by atoms with Crippen molar-refractivity contribution in [1.82, 2.24) is 4.90 Å². The number of hydrogen-bond acceptors (Lipinski definition) is 4. The van der Waals surface area contributed by atoms with Crippen LogP contribution in [0.3, 0.4) is 0 Å². The van der Waals surface area contributed by atoms with Gasteiger partial charge >= 0.3 is 6.09 Å². The Hall–Kier alpha value is -1.75. The summed E-state index contributed by atoms with van der Waals surface area (Å²) in [7, 11) is 0. The number of carbonyl (C=O) groups is 2. The monoisotopic (exact) mass is 411 g/mol. The third-order valence-electron chi connectivity index (χ3n) is 8.29. The number of nitrogens with zero attached hydrogens (tertiary/aromatic N) is 1. The highest BCUT2D eigenvalue weighted by atomic mass is 32.2. The Morgan fingerprint density at radius 3 is 2.59 bits per heavy atom. The van der Waals surface area contributed by atoms with Gasteiger partial charge in [-0.15, -0.1) is 11.8 Å². The van der Waals surface area contributed by atoms with Gasteiger partial charge in [0.2, 0.25) is 5.91 Å². The summed E-state index contributed by atoms with van der Waals surface area (Å²) in [6.07, 6.45) is 1.94. The van der Waals surface area contributed by atoms with Crippen molar-refractivity contribution < 1.29 is 14.3 Å². The molecule has 2 amide bonds. The van der Waals surface area contributed by atoms with E-state index in [1.807, 2.05) is 11.8 Å². The molecule has 2 heterocycles. The molecule has 1 saturated heterocycles. The Morgan fingerprint density at radius 2 is 1.93 bits per heavy atom. The maximum absolute atomic E-state index is 13.5. The summed E-state index contributed by atoms with van der Waals surface area (Å²) in [5.41, 5.74) is 4.31. The number of rotatable bonds is 2. The number of hydrogen-bond donors (Lipinski definition) is 0. The smallest absolute Gasteiger partial charge is 0.416 e. The molecule has 4 nitrogen and oxygen atoms in total. The van der Waals surface area contributed by atoms with Gasteiger partial charge in [0, 0.05) is 17.1 Å². The highest BCUT2D eigenvalue weighted by molar-refractivity contribution is 8.03. The number of cyclic esters (lactones) is 1. The lowest BCUT2D eigenvalue weighted by Gasteiger charge is -2.40. The van der Waals surface area contributed by atoms with Crippen molar-refractivity contribution in [3.63, 3.8) is 0 Å². The SMILES string of the molecule is Cc1ccc([C@H]2C3=C(SC[C@H]2C(=O)N2CCOC2=O)[C@]2(C)CC[C@H]3C2(C)C)cc1. The molecule has 0 N–H and O–H groups in total. The van der Waals surface area contributed by atoms with E-state index in [1.54, 1.807) is 0 Å². The number of ether oxygens (including phenoxy) is 1. The molecule has 2 aliphatic carbocycles. The lowest BCUT2D eigenvalue weighted by Crippen LogP contribution is -2.42. The van der Waals surface area contributed by atoms with Crippen LogP contribution in [0.25, 0.3) is 0 Å². The molecule has 1 saturated carbocycles. The van der Waals surface area contributed by atoms with Crippen LogP contribution in [0.2, 0.25) is 0 Å². The van der Waals surface area contributed by atoms with Gasteiger partial charge in [0.15, 0.2) is 0 Å². The molecular formula is C24H29NO3S. The molecule has 154 valence electrons. The zero-order valence-electron chi connectivity index (χ0n) is 17.7. The molecule has 4 aliphatic rings. The van der Waals surface area contributed by atoms with Crippen molar-refractivity contribution in [1.29, 1.82) is 0 Å². The first-order valence-corrected chi connectivity index (χ1v) is 11.7. The number of thioether (sulfide) groups is 1. The third-order valence-corrected chi connectivity index (χ3v) is 9.79. The van der Waals surface area contributed by atoms with Crippen LogP contribution in [0.4, 0.5) is 4.79 Å². The first-order valence-electron chi connectivity index (χ1n) is 10.7. The number of imide groups is 1. The Bertz CT molecular complexity index is 919. The maximum atomic E-state index is 13.5. The highest BCUT2D eigenvalue weighted by Gasteiger charge is 2.63. The third kappa shape index (κ3) is 2.52. The standard InChI is InChI=1S/C24H29NO3S/c1-14-5-7-15(8-6-14)18-16(21(26)25-11-12-28-22(25)27)13-29-20-19(18)17-9-10-24(20,4)23(17,2)3/h5-8,16-18H,9-13H2,1-4H3/t16-,17-,18-,24+/m1/s1. The lowest BCUT2D eigenvalue weighted by molar-refractivity contribution is -0.131. The van der Waals surface area contributed by atoms with E-state index in [2.05, 4.69) is 52.0 Å². The van der Waals surface area contributed by atoms with Gasteiger partial charge in [0.05, 0.1) is 12.5 Å². The zero-order chi connectivity index (χ0) is 20.6. The van der Waals surface area contributed by atoms with Crippen molar-refractivity contribution in [3.05, 3.63) is 45.9 Å². The minimum absolute atomic E-state index is 0.0548. The summed E-state index contributed by atoms with van der Waals surface area (Å²) in [6.45, 7) is 10.0. The van der Waals surface area contributed by atoms with Crippen LogP contribution in [0.15, 0.2) is 34.7 Å². The van der Waals surface area contributed by atoms with E-state index in [4.69, 9.17) is 4.74 Å². The van der Waals surface area contributed by atoms with Crippen LogP contribution in [-0.2, 0) is 9.53 Å². The molecule has 1 aromatic carbocycles. The molecule has 2 aliphatic heterocycles. The Morgan fingerprint density at radius 1 is 1.21 bits per heavy atom. The topological polar surface area (TPSA) is 46.6 Å². The molecule has 1 aromatic rings. The normalized spacial score (nSPS) is 35.1. The van der Waals surface area contributed by atoms with Gasteiger partial charge in [-0.3, -0.25) is 4.79 Å². The minimum Gasteiger partial charge on any atom is -0.447 e.